The summed E-state index contributed by atoms with van der Waals surface area (Å²) in [5.41, 5.74) is 0.0678. The second-order valence-electron chi connectivity index (χ2n) is 4.24. The first-order chi connectivity index (χ1) is 8.81. The second kappa shape index (κ2) is 6.63. The van der Waals surface area contributed by atoms with Crippen molar-refractivity contribution in [2.75, 3.05) is 11.9 Å². The maximum Gasteiger partial charge on any atom is 0.411 e. The van der Waals surface area contributed by atoms with Crippen LogP contribution in [0.3, 0.4) is 0 Å². The molecule has 0 unspecified atom stereocenters. The lowest BCUT2D eigenvalue weighted by Gasteiger charge is -2.11. The van der Waals surface area contributed by atoms with E-state index in [0.29, 0.717) is 0 Å². The van der Waals surface area contributed by atoms with E-state index in [0.717, 1.165) is 0 Å². The third-order valence-corrected chi connectivity index (χ3v) is 2.66. The number of anilines is 1. The highest BCUT2D eigenvalue weighted by Gasteiger charge is 2.15. The van der Waals surface area contributed by atoms with Crippen molar-refractivity contribution < 1.29 is 19.4 Å². The number of carboxylic acids is 1. The van der Waals surface area contributed by atoms with E-state index in [4.69, 9.17) is 33.0 Å². The molecule has 5 nitrogen and oxygen atoms in total. The van der Waals surface area contributed by atoms with Crippen molar-refractivity contribution in [1.82, 2.24) is 0 Å². The van der Waals surface area contributed by atoms with Crippen LogP contribution in [0, 0.1) is 5.92 Å². The molecule has 1 aromatic carbocycles. The number of carbonyl (C=O) groups is 2. The summed E-state index contributed by atoms with van der Waals surface area (Å²) < 4.78 is 4.91. The Morgan fingerprint density at radius 1 is 1.32 bits per heavy atom. The Morgan fingerprint density at radius 2 is 1.84 bits per heavy atom. The fraction of sp³-hybridized carbons (Fsp3) is 0.333. The van der Waals surface area contributed by atoms with Crippen LogP contribution in [-0.4, -0.2) is 23.8 Å². The first kappa shape index (κ1) is 15.6. The standard InChI is InChI=1S/C12H13Cl2NO4/c1-6(2)5-19-12(18)15-10-8(13)3-7(11(16)17)4-9(10)14/h3-4,6H,5H2,1-2H3,(H,15,18)(H,16,17). The molecule has 0 aromatic heterocycles. The van der Waals surface area contributed by atoms with Gasteiger partial charge in [-0.3, -0.25) is 5.32 Å². The first-order valence-electron chi connectivity index (χ1n) is 5.47. The topological polar surface area (TPSA) is 75.6 Å². The van der Waals surface area contributed by atoms with Gasteiger partial charge in [-0.15, -0.1) is 0 Å². The monoisotopic (exact) mass is 305 g/mol. The van der Waals surface area contributed by atoms with E-state index in [2.05, 4.69) is 5.32 Å². The third kappa shape index (κ3) is 4.61. The minimum absolute atomic E-state index is 0.0337. The van der Waals surface area contributed by atoms with Gasteiger partial charge in [0.05, 0.1) is 27.9 Å². The highest BCUT2D eigenvalue weighted by atomic mass is 35.5. The van der Waals surface area contributed by atoms with Gasteiger partial charge >= 0.3 is 12.1 Å². The lowest BCUT2D eigenvalue weighted by Crippen LogP contribution is -2.17. The molecule has 1 rings (SSSR count). The minimum Gasteiger partial charge on any atom is -0.478 e. The van der Waals surface area contributed by atoms with Crippen molar-refractivity contribution in [2.24, 2.45) is 5.92 Å². The van der Waals surface area contributed by atoms with E-state index < -0.39 is 12.1 Å². The van der Waals surface area contributed by atoms with Crippen LogP contribution in [0.5, 0.6) is 0 Å². The zero-order valence-corrected chi connectivity index (χ0v) is 11.9. The number of rotatable bonds is 4. The van der Waals surface area contributed by atoms with Crippen molar-refractivity contribution in [2.45, 2.75) is 13.8 Å². The Bertz CT molecular complexity index is 479. The fourth-order valence-corrected chi connectivity index (χ4v) is 1.78. The van der Waals surface area contributed by atoms with Crippen LogP contribution in [0.4, 0.5) is 10.5 Å². The van der Waals surface area contributed by atoms with Crippen LogP contribution in [-0.2, 0) is 4.74 Å². The van der Waals surface area contributed by atoms with Gasteiger partial charge in [-0.25, -0.2) is 9.59 Å². The maximum atomic E-state index is 11.5. The molecule has 0 spiro atoms. The second-order valence-corrected chi connectivity index (χ2v) is 5.05. The molecule has 0 saturated carbocycles. The van der Waals surface area contributed by atoms with Crippen LogP contribution in [0.2, 0.25) is 10.0 Å². The van der Waals surface area contributed by atoms with E-state index in [-0.39, 0.29) is 33.8 Å². The Kier molecular flexibility index (Phi) is 5.44. The summed E-state index contributed by atoms with van der Waals surface area (Å²) in [5, 5.41) is 11.3. The van der Waals surface area contributed by atoms with Gasteiger partial charge in [0.25, 0.3) is 0 Å². The van der Waals surface area contributed by atoms with E-state index >= 15 is 0 Å². The average molecular weight is 306 g/mol. The molecule has 0 bridgehead atoms. The summed E-state index contributed by atoms with van der Waals surface area (Å²) in [4.78, 5) is 22.3. The molecule has 2 N–H and O–H groups in total. The van der Waals surface area contributed by atoms with Crippen LogP contribution in [0.15, 0.2) is 12.1 Å². The average Bonchev–Trinajstić information content (AvgIpc) is 2.30. The number of benzene rings is 1. The number of carbonyl (C=O) groups excluding carboxylic acids is 1. The number of halogens is 2. The fourth-order valence-electron chi connectivity index (χ4n) is 1.20. The molecule has 104 valence electrons. The van der Waals surface area contributed by atoms with Gasteiger partial charge in [-0.05, 0) is 18.1 Å². The minimum atomic E-state index is -1.15. The van der Waals surface area contributed by atoms with Crippen LogP contribution < -0.4 is 5.32 Å². The number of aromatic carboxylic acids is 1. The largest absolute Gasteiger partial charge is 0.478 e. The van der Waals surface area contributed by atoms with Gasteiger partial charge < -0.3 is 9.84 Å². The number of carboxylic acid groups (broad SMARTS) is 1. The summed E-state index contributed by atoms with van der Waals surface area (Å²) in [7, 11) is 0. The molecular weight excluding hydrogens is 293 g/mol. The van der Waals surface area contributed by atoms with Crippen molar-refractivity contribution in [3.05, 3.63) is 27.7 Å². The van der Waals surface area contributed by atoms with Crippen molar-refractivity contribution >= 4 is 41.0 Å². The number of ether oxygens (including phenoxy) is 1. The van der Waals surface area contributed by atoms with E-state index in [1.54, 1.807) is 0 Å². The number of amides is 1. The van der Waals surface area contributed by atoms with Gasteiger partial charge in [0.15, 0.2) is 0 Å². The quantitative estimate of drug-likeness (QED) is 0.884. The predicted molar refractivity (Wildman–Crippen MR) is 73.2 cm³/mol. The van der Waals surface area contributed by atoms with Crippen molar-refractivity contribution in [3.8, 4) is 0 Å². The molecule has 0 radical (unpaired) electrons. The summed E-state index contributed by atoms with van der Waals surface area (Å²) in [6, 6.07) is 2.40. The molecule has 1 aromatic rings. The molecule has 0 heterocycles. The molecule has 0 aliphatic heterocycles. The van der Waals surface area contributed by atoms with Crippen LogP contribution in [0.1, 0.15) is 24.2 Å². The van der Waals surface area contributed by atoms with Gasteiger partial charge in [0.2, 0.25) is 0 Å². The zero-order valence-electron chi connectivity index (χ0n) is 10.4. The number of hydrogen-bond donors (Lipinski definition) is 2. The Balaban J connectivity index is 2.84. The lowest BCUT2D eigenvalue weighted by atomic mass is 10.2. The zero-order chi connectivity index (χ0) is 14.6. The smallest absolute Gasteiger partial charge is 0.411 e. The molecule has 0 saturated heterocycles. The predicted octanol–water partition coefficient (Wildman–Crippen LogP) is 3.90. The summed E-state index contributed by atoms with van der Waals surface area (Å²) >= 11 is 11.7. The molecule has 0 fully saturated rings. The van der Waals surface area contributed by atoms with Crippen LogP contribution >= 0.6 is 23.2 Å². The molecule has 0 atom stereocenters. The lowest BCUT2D eigenvalue weighted by molar-refractivity contribution is 0.0697. The SMILES string of the molecule is CC(C)COC(=O)Nc1c(Cl)cc(C(=O)O)cc1Cl. The van der Waals surface area contributed by atoms with Gasteiger partial charge in [0, 0.05) is 0 Å². The highest BCUT2D eigenvalue weighted by Crippen LogP contribution is 2.32. The van der Waals surface area contributed by atoms with Crippen molar-refractivity contribution in [3.63, 3.8) is 0 Å². The van der Waals surface area contributed by atoms with Crippen molar-refractivity contribution in [1.29, 1.82) is 0 Å². The number of nitrogens with one attached hydrogen (secondary N) is 1. The molecule has 1 amide bonds. The maximum absolute atomic E-state index is 11.5. The van der Waals surface area contributed by atoms with E-state index in [9.17, 15) is 9.59 Å². The summed E-state index contributed by atoms with van der Waals surface area (Å²) in [6.45, 7) is 4.05. The summed E-state index contributed by atoms with van der Waals surface area (Å²) in [6.07, 6.45) is -0.694. The van der Waals surface area contributed by atoms with Gasteiger partial charge in [-0.1, -0.05) is 37.0 Å². The van der Waals surface area contributed by atoms with Crippen LogP contribution in [0.25, 0.3) is 0 Å². The molecule has 19 heavy (non-hydrogen) atoms. The number of hydrogen-bond acceptors (Lipinski definition) is 3. The molecular formula is C12H13Cl2NO4. The Hall–Kier alpha value is -1.46. The molecule has 7 heteroatoms. The van der Waals surface area contributed by atoms with E-state index in [1.165, 1.54) is 12.1 Å². The molecule has 0 aliphatic rings. The Labute approximate surface area is 120 Å². The highest BCUT2D eigenvalue weighted by molar-refractivity contribution is 6.40. The summed E-state index contributed by atoms with van der Waals surface area (Å²) in [5.74, 6) is -0.955. The van der Waals surface area contributed by atoms with Gasteiger partial charge in [-0.2, -0.15) is 0 Å². The Morgan fingerprint density at radius 3 is 2.26 bits per heavy atom. The van der Waals surface area contributed by atoms with Gasteiger partial charge in [0.1, 0.15) is 0 Å². The third-order valence-electron chi connectivity index (χ3n) is 2.06. The normalized spacial score (nSPS) is 10.4. The van der Waals surface area contributed by atoms with E-state index in [1.807, 2.05) is 13.8 Å². The molecule has 0 aliphatic carbocycles. The first-order valence-corrected chi connectivity index (χ1v) is 6.23.